The van der Waals surface area contributed by atoms with E-state index in [9.17, 15) is 4.57 Å². The van der Waals surface area contributed by atoms with E-state index in [-0.39, 0.29) is 18.8 Å². The first kappa shape index (κ1) is 13.4. The van der Waals surface area contributed by atoms with Gasteiger partial charge in [-0.15, -0.1) is 0 Å². The summed E-state index contributed by atoms with van der Waals surface area (Å²) < 4.78 is 32.2. The summed E-state index contributed by atoms with van der Waals surface area (Å²) in [6.45, 7) is 3.73. The number of methoxy groups -OCH3 is 1. The Hall–Kier alpha value is -0.0100. The monoisotopic (exact) mass is 268 g/mol. The standard InChI is InChI=1S/C9H17O7P/c1-5-7-8(16-17(10,11)12)9(15-5,4-13-3)6(2)14-7/h5-8H,4H2,1-3H3,(H2,10,11,12). The Kier molecular flexibility index (Phi) is 3.38. The molecule has 0 aromatic rings. The third kappa shape index (κ3) is 2.17. The molecule has 2 fully saturated rings. The van der Waals surface area contributed by atoms with E-state index in [0.29, 0.717) is 0 Å². The van der Waals surface area contributed by atoms with E-state index in [1.165, 1.54) is 7.11 Å². The van der Waals surface area contributed by atoms with Crippen LogP contribution in [-0.4, -0.2) is 53.5 Å². The van der Waals surface area contributed by atoms with Crippen molar-refractivity contribution in [2.24, 2.45) is 0 Å². The highest BCUT2D eigenvalue weighted by atomic mass is 31.2. The number of phosphoric acid groups is 1. The molecule has 2 heterocycles. The molecule has 0 aromatic heterocycles. The highest BCUT2D eigenvalue weighted by molar-refractivity contribution is 7.46. The van der Waals surface area contributed by atoms with Crippen LogP contribution in [0.15, 0.2) is 0 Å². The van der Waals surface area contributed by atoms with Crippen molar-refractivity contribution in [1.82, 2.24) is 0 Å². The Labute approximate surface area is 99.2 Å². The van der Waals surface area contributed by atoms with Crippen LogP contribution in [-0.2, 0) is 23.3 Å². The predicted octanol–water partition coefficient (Wildman–Crippen LogP) is 0.0555. The van der Waals surface area contributed by atoms with Crippen LogP contribution in [0.5, 0.6) is 0 Å². The van der Waals surface area contributed by atoms with Crippen molar-refractivity contribution in [3.05, 3.63) is 0 Å². The Morgan fingerprint density at radius 1 is 1.41 bits per heavy atom. The van der Waals surface area contributed by atoms with Crippen molar-refractivity contribution in [3.8, 4) is 0 Å². The lowest BCUT2D eigenvalue weighted by atomic mass is 9.94. The van der Waals surface area contributed by atoms with Gasteiger partial charge in [0.05, 0.1) is 18.8 Å². The number of hydrogen-bond acceptors (Lipinski definition) is 5. The SMILES string of the molecule is COCC12OC(C)C(OC1C)C2OP(=O)(O)O. The summed E-state index contributed by atoms with van der Waals surface area (Å²) in [5.41, 5.74) is -0.944. The Morgan fingerprint density at radius 3 is 2.59 bits per heavy atom. The lowest BCUT2D eigenvalue weighted by Crippen LogP contribution is -2.50. The first-order valence-corrected chi connectivity index (χ1v) is 6.89. The Bertz CT molecular complexity index is 342. The highest BCUT2D eigenvalue weighted by Crippen LogP contribution is 2.52. The van der Waals surface area contributed by atoms with Crippen molar-refractivity contribution < 1.29 is 33.1 Å². The van der Waals surface area contributed by atoms with Gasteiger partial charge in [-0.05, 0) is 13.8 Å². The van der Waals surface area contributed by atoms with Crippen molar-refractivity contribution in [1.29, 1.82) is 0 Å². The van der Waals surface area contributed by atoms with Crippen LogP contribution < -0.4 is 0 Å². The number of hydrogen-bond donors (Lipinski definition) is 2. The van der Waals surface area contributed by atoms with Gasteiger partial charge in [-0.3, -0.25) is 4.52 Å². The van der Waals surface area contributed by atoms with Crippen molar-refractivity contribution in [2.45, 2.75) is 43.9 Å². The molecule has 0 aromatic carbocycles. The zero-order chi connectivity index (χ0) is 12.8. The minimum Gasteiger partial charge on any atom is -0.381 e. The summed E-state index contributed by atoms with van der Waals surface area (Å²) in [7, 11) is -3.09. The molecule has 2 N–H and O–H groups in total. The Morgan fingerprint density at radius 2 is 2.06 bits per heavy atom. The molecule has 2 aliphatic heterocycles. The summed E-state index contributed by atoms with van der Waals surface area (Å²) in [6, 6.07) is 0. The number of fused-ring (bicyclic) bond motifs is 2. The molecule has 0 spiro atoms. The van der Waals surface area contributed by atoms with Gasteiger partial charge in [-0.1, -0.05) is 0 Å². The average Bonchev–Trinajstić information content (AvgIpc) is 2.54. The molecule has 7 nitrogen and oxygen atoms in total. The van der Waals surface area contributed by atoms with E-state index < -0.39 is 25.6 Å². The summed E-state index contributed by atoms with van der Waals surface area (Å²) in [6.07, 6.45) is -1.90. The van der Waals surface area contributed by atoms with Crippen LogP contribution in [0.2, 0.25) is 0 Å². The molecule has 100 valence electrons. The molecule has 2 aliphatic rings. The van der Waals surface area contributed by atoms with E-state index in [1.807, 2.05) is 0 Å². The summed E-state index contributed by atoms with van der Waals surface area (Å²) in [5.74, 6) is 0. The summed E-state index contributed by atoms with van der Waals surface area (Å²) in [4.78, 5) is 17.9. The zero-order valence-corrected chi connectivity index (χ0v) is 10.8. The molecular weight excluding hydrogens is 251 g/mol. The smallest absolute Gasteiger partial charge is 0.381 e. The molecular formula is C9H17O7P. The molecule has 0 saturated carbocycles. The molecule has 0 aliphatic carbocycles. The van der Waals surface area contributed by atoms with Gasteiger partial charge < -0.3 is 24.0 Å². The first-order chi connectivity index (χ1) is 7.80. The quantitative estimate of drug-likeness (QED) is 0.696. The molecule has 0 amide bonds. The third-order valence-electron chi connectivity index (χ3n) is 3.32. The fourth-order valence-corrected chi connectivity index (χ4v) is 3.21. The van der Waals surface area contributed by atoms with Crippen LogP contribution in [0.4, 0.5) is 0 Å². The molecule has 8 heteroatoms. The van der Waals surface area contributed by atoms with Gasteiger partial charge in [0.25, 0.3) is 0 Å². The van der Waals surface area contributed by atoms with Crippen LogP contribution in [0.25, 0.3) is 0 Å². The fourth-order valence-electron chi connectivity index (χ4n) is 2.62. The van der Waals surface area contributed by atoms with Crippen LogP contribution in [0, 0.1) is 0 Å². The highest BCUT2D eigenvalue weighted by Gasteiger charge is 2.66. The maximum atomic E-state index is 11.0. The fraction of sp³-hybridized carbons (Fsp3) is 1.00. The maximum Gasteiger partial charge on any atom is 0.470 e. The minimum absolute atomic E-state index is 0.166. The second kappa shape index (κ2) is 4.28. The Balaban J connectivity index is 2.27. The van der Waals surface area contributed by atoms with Gasteiger partial charge >= 0.3 is 7.82 Å². The second-order valence-corrected chi connectivity index (χ2v) is 5.66. The maximum absolute atomic E-state index is 11.0. The summed E-state index contributed by atoms with van der Waals surface area (Å²) >= 11 is 0. The van der Waals surface area contributed by atoms with Crippen LogP contribution in [0.3, 0.4) is 0 Å². The van der Waals surface area contributed by atoms with E-state index in [4.69, 9.17) is 28.5 Å². The largest absolute Gasteiger partial charge is 0.470 e. The molecule has 2 rings (SSSR count). The molecule has 2 bridgehead atoms. The minimum atomic E-state index is -4.58. The van der Waals surface area contributed by atoms with Crippen molar-refractivity contribution >= 4 is 7.82 Å². The van der Waals surface area contributed by atoms with E-state index in [2.05, 4.69) is 0 Å². The average molecular weight is 268 g/mol. The lowest BCUT2D eigenvalue weighted by molar-refractivity contribution is -0.193. The third-order valence-corrected chi connectivity index (χ3v) is 3.82. The van der Waals surface area contributed by atoms with Crippen molar-refractivity contribution in [2.75, 3.05) is 13.7 Å². The van der Waals surface area contributed by atoms with Gasteiger partial charge in [0, 0.05) is 7.11 Å². The van der Waals surface area contributed by atoms with Crippen molar-refractivity contribution in [3.63, 3.8) is 0 Å². The molecule has 0 radical (unpaired) electrons. The van der Waals surface area contributed by atoms with Gasteiger partial charge in [0.2, 0.25) is 0 Å². The first-order valence-electron chi connectivity index (χ1n) is 5.36. The van der Waals surface area contributed by atoms with E-state index in [0.717, 1.165) is 0 Å². The zero-order valence-electron chi connectivity index (χ0n) is 9.90. The lowest BCUT2D eigenvalue weighted by Gasteiger charge is -2.34. The predicted molar refractivity (Wildman–Crippen MR) is 56.4 cm³/mol. The van der Waals surface area contributed by atoms with Gasteiger partial charge in [0.1, 0.15) is 17.8 Å². The summed E-state index contributed by atoms with van der Waals surface area (Å²) in [5, 5.41) is 0. The second-order valence-electron chi connectivity index (χ2n) is 4.47. The number of rotatable bonds is 4. The van der Waals surface area contributed by atoms with Crippen LogP contribution in [0.1, 0.15) is 13.8 Å². The van der Waals surface area contributed by atoms with E-state index >= 15 is 0 Å². The topological polar surface area (TPSA) is 94.5 Å². The molecule has 5 unspecified atom stereocenters. The van der Waals surface area contributed by atoms with Crippen LogP contribution >= 0.6 is 7.82 Å². The van der Waals surface area contributed by atoms with Gasteiger partial charge in [-0.2, -0.15) is 0 Å². The normalized spacial score (nSPS) is 45.5. The molecule has 2 saturated heterocycles. The molecule has 17 heavy (non-hydrogen) atoms. The number of phosphoric ester groups is 1. The number of ether oxygens (including phenoxy) is 3. The molecule has 5 atom stereocenters. The van der Waals surface area contributed by atoms with E-state index in [1.54, 1.807) is 13.8 Å². The van der Waals surface area contributed by atoms with Gasteiger partial charge in [0.15, 0.2) is 0 Å². The van der Waals surface area contributed by atoms with Gasteiger partial charge in [-0.25, -0.2) is 4.57 Å².